The number of fused-ring (bicyclic) bond motifs is 1. The first-order valence-electron chi connectivity index (χ1n) is 6.26. The summed E-state index contributed by atoms with van der Waals surface area (Å²) < 4.78 is 5.45. The van der Waals surface area contributed by atoms with E-state index in [-0.39, 0.29) is 0 Å². The van der Waals surface area contributed by atoms with E-state index >= 15 is 0 Å². The van der Waals surface area contributed by atoms with Crippen LogP contribution < -0.4 is 5.32 Å². The van der Waals surface area contributed by atoms with Crippen LogP contribution >= 0.6 is 0 Å². The number of hydrogen-bond acceptors (Lipinski definition) is 5. The Bertz CT molecular complexity index is 741. The van der Waals surface area contributed by atoms with Gasteiger partial charge in [-0.05, 0) is 5.56 Å². The molecule has 1 saturated carbocycles. The summed E-state index contributed by atoms with van der Waals surface area (Å²) >= 11 is 0. The van der Waals surface area contributed by atoms with E-state index in [9.17, 15) is 20.6 Å². The fraction of sp³-hybridized carbons (Fsp3) is 0.333. The summed E-state index contributed by atoms with van der Waals surface area (Å²) in [6, 6.07) is 13.7. The zero-order chi connectivity index (χ0) is 15.3. The van der Waals surface area contributed by atoms with E-state index in [1.54, 1.807) is 24.3 Å². The van der Waals surface area contributed by atoms with Crippen LogP contribution in [0.2, 0.25) is 0 Å². The summed E-state index contributed by atoms with van der Waals surface area (Å²) in [5.41, 5.74) is -4.39. The van der Waals surface area contributed by atoms with Gasteiger partial charge in [0, 0.05) is 7.11 Å². The molecule has 3 unspecified atom stereocenters. The topological polar surface area (TPSA) is 110 Å². The Morgan fingerprint density at radius 2 is 1.76 bits per heavy atom. The average molecular weight is 278 g/mol. The maximum atomic E-state index is 12.3. The van der Waals surface area contributed by atoms with Gasteiger partial charge < -0.3 is 10.1 Å². The minimum absolute atomic E-state index is 0.635. The molecule has 2 fully saturated rings. The molecule has 2 aliphatic rings. The van der Waals surface area contributed by atoms with E-state index in [1.165, 1.54) is 7.11 Å². The van der Waals surface area contributed by atoms with Crippen molar-refractivity contribution in [1.82, 2.24) is 5.32 Å². The molecular weight excluding hydrogens is 268 g/mol. The second-order valence-electron chi connectivity index (χ2n) is 5.09. The van der Waals surface area contributed by atoms with Gasteiger partial charge in [-0.15, -0.1) is 0 Å². The average Bonchev–Trinajstić information content (AvgIpc) is 2.98. The molecule has 3 atom stereocenters. The molecule has 0 spiro atoms. The van der Waals surface area contributed by atoms with Crippen molar-refractivity contribution in [1.29, 1.82) is 15.8 Å². The Morgan fingerprint density at radius 3 is 2.19 bits per heavy atom. The van der Waals surface area contributed by atoms with Crippen LogP contribution in [0.15, 0.2) is 30.3 Å². The highest BCUT2D eigenvalue weighted by molar-refractivity contribution is 6.00. The number of carbonyl (C=O) groups is 1. The maximum Gasteiger partial charge on any atom is 0.247 e. The van der Waals surface area contributed by atoms with E-state index in [0.717, 1.165) is 0 Å². The van der Waals surface area contributed by atoms with Crippen molar-refractivity contribution in [2.24, 2.45) is 10.8 Å². The standard InChI is InChI=1S/C15H10N4O2/c1-21-15-11(10-5-3-2-4-6-10)19-12(20)14(15,9-18)13(15,7-16)8-17/h2-6,11H,1H3,(H,19,20). The first kappa shape index (κ1) is 13.1. The molecule has 0 bridgehead atoms. The third-order valence-electron chi connectivity index (χ3n) is 4.59. The Balaban J connectivity index is 2.27. The summed E-state index contributed by atoms with van der Waals surface area (Å²) in [7, 11) is 1.32. The van der Waals surface area contributed by atoms with Gasteiger partial charge in [0.25, 0.3) is 0 Å². The van der Waals surface area contributed by atoms with Crippen LogP contribution in [-0.2, 0) is 9.53 Å². The van der Waals surface area contributed by atoms with Crippen molar-refractivity contribution in [3.05, 3.63) is 35.9 Å². The molecule has 1 aromatic rings. The summed E-state index contributed by atoms with van der Waals surface area (Å²) in [4.78, 5) is 12.3. The van der Waals surface area contributed by atoms with Gasteiger partial charge in [0.1, 0.15) is 0 Å². The molecule has 6 nitrogen and oxygen atoms in total. The monoisotopic (exact) mass is 278 g/mol. The predicted molar refractivity (Wildman–Crippen MR) is 68.8 cm³/mol. The fourth-order valence-electron chi connectivity index (χ4n) is 3.63. The first-order chi connectivity index (χ1) is 10.1. The molecule has 1 N–H and O–H groups in total. The van der Waals surface area contributed by atoms with Crippen molar-refractivity contribution in [2.75, 3.05) is 7.11 Å². The summed E-state index contributed by atoms with van der Waals surface area (Å²) in [6.07, 6.45) is 0. The molecule has 21 heavy (non-hydrogen) atoms. The smallest absolute Gasteiger partial charge is 0.247 e. The van der Waals surface area contributed by atoms with Gasteiger partial charge in [-0.1, -0.05) is 30.3 Å². The highest BCUT2D eigenvalue weighted by atomic mass is 16.5. The minimum atomic E-state index is -1.80. The lowest BCUT2D eigenvalue weighted by molar-refractivity contribution is -0.124. The largest absolute Gasteiger partial charge is 0.370 e. The molecule has 0 radical (unpaired) electrons. The van der Waals surface area contributed by atoms with Crippen LogP contribution in [0.3, 0.4) is 0 Å². The molecule has 6 heteroatoms. The number of nitrogens with zero attached hydrogens (tertiary/aromatic N) is 3. The quantitative estimate of drug-likeness (QED) is 0.860. The number of ether oxygens (including phenoxy) is 1. The number of piperidine rings is 1. The second-order valence-corrected chi connectivity index (χ2v) is 5.09. The number of benzene rings is 1. The SMILES string of the molecule is COC12C(c3ccccc3)NC(=O)C1(C#N)C2(C#N)C#N. The van der Waals surface area contributed by atoms with Crippen molar-refractivity contribution in [3.8, 4) is 18.2 Å². The van der Waals surface area contributed by atoms with Crippen molar-refractivity contribution in [2.45, 2.75) is 11.6 Å². The second kappa shape index (κ2) is 3.82. The van der Waals surface area contributed by atoms with E-state index < -0.39 is 28.4 Å². The molecule has 1 aromatic carbocycles. The highest BCUT2D eigenvalue weighted by Crippen LogP contribution is 2.79. The van der Waals surface area contributed by atoms with Crippen LogP contribution in [0.25, 0.3) is 0 Å². The van der Waals surface area contributed by atoms with E-state index in [0.29, 0.717) is 5.56 Å². The van der Waals surface area contributed by atoms with Crippen molar-refractivity contribution < 1.29 is 9.53 Å². The molecule has 3 rings (SSSR count). The van der Waals surface area contributed by atoms with Crippen molar-refractivity contribution in [3.63, 3.8) is 0 Å². The number of carbonyl (C=O) groups excluding carboxylic acids is 1. The van der Waals surface area contributed by atoms with Crippen molar-refractivity contribution >= 4 is 5.91 Å². The molecule has 102 valence electrons. The van der Waals surface area contributed by atoms with Gasteiger partial charge in [-0.2, -0.15) is 15.8 Å². The third-order valence-corrected chi connectivity index (χ3v) is 4.59. The van der Waals surface area contributed by atoms with Gasteiger partial charge in [-0.25, -0.2) is 0 Å². The van der Waals surface area contributed by atoms with Gasteiger partial charge >= 0.3 is 0 Å². The van der Waals surface area contributed by atoms with Crippen LogP contribution in [0.1, 0.15) is 11.6 Å². The lowest BCUT2D eigenvalue weighted by Crippen LogP contribution is -2.38. The van der Waals surface area contributed by atoms with Gasteiger partial charge in [-0.3, -0.25) is 4.79 Å². The summed E-state index contributed by atoms with van der Waals surface area (Å²) in [5, 5.41) is 31.1. The van der Waals surface area contributed by atoms with Crippen LogP contribution in [0.4, 0.5) is 0 Å². The van der Waals surface area contributed by atoms with Gasteiger partial charge in [0.2, 0.25) is 16.7 Å². The lowest BCUT2D eigenvalue weighted by Gasteiger charge is -2.24. The zero-order valence-corrected chi connectivity index (χ0v) is 11.1. The predicted octanol–water partition coefficient (Wildman–Crippen LogP) is 0.800. The molecule has 1 saturated heterocycles. The zero-order valence-electron chi connectivity index (χ0n) is 11.1. The number of nitriles is 3. The first-order valence-corrected chi connectivity index (χ1v) is 6.26. The number of methoxy groups -OCH3 is 1. The molecule has 1 aliphatic heterocycles. The molecule has 1 heterocycles. The van der Waals surface area contributed by atoms with E-state index in [1.807, 2.05) is 24.3 Å². The summed E-state index contributed by atoms with van der Waals surface area (Å²) in [6.45, 7) is 0. The molecule has 1 aliphatic carbocycles. The van der Waals surface area contributed by atoms with Crippen LogP contribution in [0, 0.1) is 44.8 Å². The Labute approximate surface area is 121 Å². The van der Waals surface area contributed by atoms with Gasteiger partial charge in [0.15, 0.2) is 5.60 Å². The van der Waals surface area contributed by atoms with Crippen LogP contribution in [-0.4, -0.2) is 18.6 Å². The van der Waals surface area contributed by atoms with Crippen LogP contribution in [0.5, 0.6) is 0 Å². The molecular formula is C15H10N4O2. The van der Waals surface area contributed by atoms with Gasteiger partial charge in [0.05, 0.1) is 24.2 Å². The minimum Gasteiger partial charge on any atom is -0.370 e. The third kappa shape index (κ3) is 1.01. The fourth-order valence-corrected chi connectivity index (χ4v) is 3.63. The number of amides is 1. The molecule has 0 aromatic heterocycles. The summed E-state index contributed by atoms with van der Waals surface area (Å²) in [5.74, 6) is -0.635. The Kier molecular flexibility index (Phi) is 2.39. The number of rotatable bonds is 2. The normalized spacial score (nSPS) is 34.8. The van der Waals surface area contributed by atoms with E-state index in [2.05, 4.69) is 5.32 Å². The number of nitrogens with one attached hydrogen (secondary N) is 1. The Morgan fingerprint density at radius 1 is 1.14 bits per heavy atom. The molecule has 1 amide bonds. The highest BCUT2D eigenvalue weighted by Gasteiger charge is 3.00. The lowest BCUT2D eigenvalue weighted by atomic mass is 9.92. The number of hydrogen-bond donors (Lipinski definition) is 1. The maximum absolute atomic E-state index is 12.3. The van der Waals surface area contributed by atoms with E-state index in [4.69, 9.17) is 4.74 Å². The Hall–Kier alpha value is -2.88.